The summed E-state index contributed by atoms with van der Waals surface area (Å²) in [6.07, 6.45) is 5.63. The number of amides is 1. The number of nitrogens with zero attached hydrogens (tertiary/aromatic N) is 3. The number of aliphatic imine (C=N–C) groups is 1. The predicted molar refractivity (Wildman–Crippen MR) is 151 cm³/mol. The molecule has 1 aliphatic carbocycles. The van der Waals surface area contributed by atoms with Crippen LogP contribution in [0.25, 0.3) is 0 Å². The minimum atomic E-state index is -3.50. The number of sulfonamides is 1. The van der Waals surface area contributed by atoms with Crippen molar-refractivity contribution in [3.63, 3.8) is 0 Å². The molecule has 5 rings (SSSR count). The minimum absolute atomic E-state index is 0.00117. The lowest BCUT2D eigenvalue weighted by atomic mass is 9.82. The smallest absolute Gasteiger partial charge is 0.253 e. The summed E-state index contributed by atoms with van der Waals surface area (Å²) >= 11 is 0. The van der Waals surface area contributed by atoms with Crippen molar-refractivity contribution in [2.24, 2.45) is 16.8 Å². The Morgan fingerprint density at radius 3 is 2.21 bits per heavy atom. The quantitative estimate of drug-likeness (QED) is 0.481. The first kappa shape index (κ1) is 27.7. The van der Waals surface area contributed by atoms with E-state index in [1.807, 2.05) is 26.0 Å². The number of carbonyl (C=O) groups is 1. The normalized spacial score (nSPS) is 23.7. The number of carbonyl (C=O) groups excluding carboxylic acids is 1. The summed E-state index contributed by atoms with van der Waals surface area (Å²) < 4.78 is 29.5. The Bertz CT molecular complexity index is 1340. The molecule has 0 unspecified atom stereocenters. The molecular formula is C29H40N4O5S. The molecule has 3 aliphatic rings. The van der Waals surface area contributed by atoms with Gasteiger partial charge in [-0.15, -0.1) is 0 Å². The highest BCUT2D eigenvalue weighted by Gasteiger charge is 2.48. The van der Waals surface area contributed by atoms with Crippen molar-refractivity contribution in [3.05, 3.63) is 46.5 Å². The molecule has 3 heterocycles. The third-order valence-electron chi connectivity index (χ3n) is 8.99. The van der Waals surface area contributed by atoms with Crippen molar-refractivity contribution in [3.8, 4) is 11.8 Å². The maximum atomic E-state index is 13.3. The van der Waals surface area contributed by atoms with Gasteiger partial charge in [0.05, 0.1) is 12.3 Å². The van der Waals surface area contributed by atoms with Crippen LogP contribution in [-0.4, -0.2) is 63.6 Å². The molecule has 2 fully saturated rings. The topological polar surface area (TPSA) is 124 Å². The molecule has 9 nitrogen and oxygen atoms in total. The molecule has 0 radical (unpaired) electrons. The monoisotopic (exact) mass is 556 g/mol. The van der Waals surface area contributed by atoms with Crippen molar-refractivity contribution in [2.75, 3.05) is 18.8 Å². The summed E-state index contributed by atoms with van der Waals surface area (Å²) in [5, 5.41) is 22.9. The summed E-state index contributed by atoms with van der Waals surface area (Å²) in [6.45, 7) is 7.10. The van der Waals surface area contributed by atoms with Crippen LogP contribution in [0.5, 0.6) is 11.8 Å². The molecule has 1 spiro atoms. The SMILES string of the molecule is Cc1cc(Cn2c(O)ccc2O)cc(C)c1CCS(=O)(=O)N1CCC2(CC1)N=C(C1CCC(C)CC1)NC2=O. The Labute approximate surface area is 231 Å². The number of aromatic hydroxyl groups is 2. The number of nitrogens with one attached hydrogen (secondary N) is 1. The average Bonchev–Trinajstić information content (AvgIpc) is 3.37. The second kappa shape index (κ2) is 10.6. The highest BCUT2D eigenvalue weighted by molar-refractivity contribution is 7.89. The largest absolute Gasteiger partial charge is 0.494 e. The van der Waals surface area contributed by atoms with Crippen LogP contribution in [0.15, 0.2) is 29.3 Å². The maximum absolute atomic E-state index is 13.3. The number of piperidine rings is 1. The fraction of sp³-hybridized carbons (Fsp3) is 0.586. The van der Waals surface area contributed by atoms with Crippen LogP contribution >= 0.6 is 0 Å². The van der Waals surface area contributed by atoms with Crippen molar-refractivity contribution in [2.45, 2.75) is 77.8 Å². The molecule has 1 aromatic heterocycles. The molecule has 39 heavy (non-hydrogen) atoms. The Balaban J connectivity index is 1.20. The molecule has 1 aromatic carbocycles. The van der Waals surface area contributed by atoms with E-state index in [-0.39, 0.29) is 23.4 Å². The van der Waals surface area contributed by atoms with Gasteiger partial charge in [-0.05, 0) is 74.1 Å². The molecule has 1 saturated carbocycles. The summed E-state index contributed by atoms with van der Waals surface area (Å²) in [5.41, 5.74) is 3.03. The van der Waals surface area contributed by atoms with Gasteiger partial charge in [0.15, 0.2) is 11.8 Å². The molecule has 0 bridgehead atoms. The zero-order valence-electron chi connectivity index (χ0n) is 23.1. The van der Waals surface area contributed by atoms with Gasteiger partial charge in [0.1, 0.15) is 11.4 Å². The van der Waals surface area contributed by atoms with E-state index < -0.39 is 15.6 Å². The first-order valence-corrected chi connectivity index (χ1v) is 15.6. The van der Waals surface area contributed by atoms with Crippen molar-refractivity contribution in [1.29, 1.82) is 0 Å². The molecule has 0 atom stereocenters. The molecule has 10 heteroatoms. The van der Waals surface area contributed by atoms with E-state index in [2.05, 4.69) is 12.2 Å². The van der Waals surface area contributed by atoms with E-state index in [1.165, 1.54) is 21.0 Å². The third kappa shape index (κ3) is 5.59. The first-order chi connectivity index (χ1) is 18.5. The van der Waals surface area contributed by atoms with E-state index in [9.17, 15) is 23.4 Å². The number of rotatable bonds is 7. The van der Waals surface area contributed by atoms with E-state index in [4.69, 9.17) is 4.99 Å². The summed E-state index contributed by atoms with van der Waals surface area (Å²) in [7, 11) is -3.50. The van der Waals surface area contributed by atoms with Gasteiger partial charge >= 0.3 is 0 Å². The minimum Gasteiger partial charge on any atom is -0.494 e. The van der Waals surface area contributed by atoms with Crippen molar-refractivity contribution < 1.29 is 23.4 Å². The highest BCUT2D eigenvalue weighted by atomic mass is 32.2. The van der Waals surface area contributed by atoms with Gasteiger partial charge in [0, 0.05) is 31.1 Å². The molecule has 212 valence electrons. The van der Waals surface area contributed by atoms with Crippen LogP contribution in [0.1, 0.15) is 67.7 Å². The zero-order chi connectivity index (χ0) is 27.9. The average molecular weight is 557 g/mol. The van der Waals surface area contributed by atoms with Gasteiger partial charge in [0.2, 0.25) is 10.0 Å². The standard InChI is InChI=1S/C29H40N4O5S/c1-19-4-6-23(7-5-19)27-30-28(36)29(31-27)11-13-32(14-12-29)39(37,38)15-10-24-20(2)16-22(17-21(24)3)18-33-25(34)8-9-26(33)35/h8-9,16-17,19,23,34-35H,4-7,10-15,18H2,1-3H3,(H,30,31,36). The molecule has 2 aliphatic heterocycles. The molecule has 2 aromatic rings. The second-order valence-electron chi connectivity index (χ2n) is 11.7. The van der Waals surface area contributed by atoms with Crippen LogP contribution in [-0.2, 0) is 27.8 Å². The van der Waals surface area contributed by atoms with Crippen molar-refractivity contribution in [1.82, 2.24) is 14.2 Å². The number of aromatic nitrogens is 1. The fourth-order valence-electron chi connectivity index (χ4n) is 6.46. The van der Waals surface area contributed by atoms with Gasteiger partial charge in [-0.25, -0.2) is 12.7 Å². The van der Waals surface area contributed by atoms with E-state index in [0.29, 0.717) is 44.8 Å². The number of amidine groups is 1. The van der Waals surface area contributed by atoms with Crippen LogP contribution in [0.3, 0.4) is 0 Å². The Morgan fingerprint density at radius 2 is 1.62 bits per heavy atom. The number of hydrogen-bond acceptors (Lipinski definition) is 6. The fourth-order valence-corrected chi connectivity index (χ4v) is 7.92. The number of hydrogen-bond donors (Lipinski definition) is 3. The van der Waals surface area contributed by atoms with E-state index in [0.717, 1.165) is 59.7 Å². The molecule has 1 amide bonds. The Kier molecular flexibility index (Phi) is 7.54. The van der Waals surface area contributed by atoms with Gasteiger partial charge in [0.25, 0.3) is 5.91 Å². The summed E-state index contributed by atoms with van der Waals surface area (Å²) in [5.74, 6) is 1.76. The summed E-state index contributed by atoms with van der Waals surface area (Å²) in [6, 6.07) is 6.83. The zero-order valence-corrected chi connectivity index (χ0v) is 23.9. The lowest BCUT2D eigenvalue weighted by molar-refractivity contribution is -0.125. The Morgan fingerprint density at radius 1 is 1.03 bits per heavy atom. The first-order valence-electron chi connectivity index (χ1n) is 14.0. The lowest BCUT2D eigenvalue weighted by Crippen LogP contribution is -2.51. The Hall–Kier alpha value is -2.85. The molecule has 3 N–H and O–H groups in total. The number of benzene rings is 1. The van der Waals surface area contributed by atoms with Crippen LogP contribution in [0, 0.1) is 25.7 Å². The van der Waals surface area contributed by atoms with Gasteiger partial charge < -0.3 is 15.5 Å². The number of aryl methyl sites for hydroxylation is 2. The summed E-state index contributed by atoms with van der Waals surface area (Å²) in [4.78, 5) is 17.8. The van der Waals surface area contributed by atoms with Crippen LogP contribution in [0.2, 0.25) is 0 Å². The maximum Gasteiger partial charge on any atom is 0.253 e. The third-order valence-corrected chi connectivity index (χ3v) is 10.9. The van der Waals surface area contributed by atoms with E-state index in [1.54, 1.807) is 0 Å². The van der Waals surface area contributed by atoms with Gasteiger partial charge in [-0.1, -0.05) is 31.9 Å². The van der Waals surface area contributed by atoms with Gasteiger partial charge in [-0.3, -0.25) is 14.4 Å². The van der Waals surface area contributed by atoms with Crippen LogP contribution < -0.4 is 5.32 Å². The van der Waals surface area contributed by atoms with E-state index >= 15 is 0 Å². The van der Waals surface area contributed by atoms with Gasteiger partial charge in [-0.2, -0.15) is 0 Å². The van der Waals surface area contributed by atoms with Crippen LogP contribution in [0.4, 0.5) is 0 Å². The lowest BCUT2D eigenvalue weighted by Gasteiger charge is -2.34. The molecule has 1 saturated heterocycles. The highest BCUT2D eigenvalue weighted by Crippen LogP contribution is 2.36. The second-order valence-corrected chi connectivity index (χ2v) is 13.8. The predicted octanol–water partition coefficient (Wildman–Crippen LogP) is 3.63. The van der Waals surface area contributed by atoms with Crippen molar-refractivity contribution >= 4 is 21.8 Å². The molecular weight excluding hydrogens is 516 g/mol.